The average Bonchev–Trinajstić information content (AvgIpc) is 3.11. The van der Waals surface area contributed by atoms with Crippen molar-refractivity contribution < 1.29 is 23.5 Å². The summed E-state index contributed by atoms with van der Waals surface area (Å²) in [7, 11) is 1.25. The molecule has 158 valence electrons. The molecule has 2 heterocycles. The van der Waals surface area contributed by atoms with Gasteiger partial charge in [-0.15, -0.1) is 0 Å². The van der Waals surface area contributed by atoms with Gasteiger partial charge in [-0.2, -0.15) is 9.78 Å². The van der Waals surface area contributed by atoms with Gasteiger partial charge < -0.3 is 13.9 Å². The number of esters is 2. The normalized spacial score (nSPS) is 11.1. The summed E-state index contributed by atoms with van der Waals surface area (Å²) in [5.41, 5.74) is 1.47. The molecule has 0 spiro atoms. The van der Waals surface area contributed by atoms with Gasteiger partial charge in [0.15, 0.2) is 0 Å². The summed E-state index contributed by atoms with van der Waals surface area (Å²) in [5, 5.41) is 5.55. The predicted molar refractivity (Wildman–Crippen MR) is 113 cm³/mol. The molecule has 0 amide bonds. The van der Waals surface area contributed by atoms with Gasteiger partial charge in [0.05, 0.1) is 25.6 Å². The van der Waals surface area contributed by atoms with E-state index in [1.807, 2.05) is 0 Å². The fraction of sp³-hybridized carbons (Fsp3) is 0.182. The van der Waals surface area contributed by atoms with Crippen LogP contribution in [-0.2, 0) is 14.3 Å². The molecule has 0 atom stereocenters. The second-order valence-electron chi connectivity index (χ2n) is 6.78. The number of aryl methyl sites for hydroxylation is 1. The van der Waals surface area contributed by atoms with Crippen molar-refractivity contribution in [1.82, 2.24) is 9.78 Å². The Labute approximate surface area is 181 Å². The van der Waals surface area contributed by atoms with Crippen molar-refractivity contribution in [3.05, 3.63) is 63.6 Å². The number of aromatic nitrogens is 2. The van der Waals surface area contributed by atoms with E-state index >= 15 is 0 Å². The van der Waals surface area contributed by atoms with E-state index in [0.717, 1.165) is 0 Å². The van der Waals surface area contributed by atoms with Gasteiger partial charge in [0.25, 0.3) is 5.56 Å². The quantitative estimate of drug-likeness (QED) is 0.342. The van der Waals surface area contributed by atoms with E-state index in [-0.39, 0.29) is 24.2 Å². The number of halogens is 1. The Kier molecular flexibility index (Phi) is 5.48. The zero-order valence-electron chi connectivity index (χ0n) is 16.7. The molecule has 8 nitrogen and oxygen atoms in total. The van der Waals surface area contributed by atoms with Gasteiger partial charge >= 0.3 is 11.9 Å². The molecule has 2 aliphatic heterocycles. The van der Waals surface area contributed by atoms with Crippen molar-refractivity contribution in [3.63, 3.8) is 0 Å². The number of fused-ring (bicyclic) bond motifs is 3. The molecule has 9 heteroatoms. The smallest absolute Gasteiger partial charge is 0.311 e. The summed E-state index contributed by atoms with van der Waals surface area (Å²) in [5.74, 6) is -0.407. The zero-order valence-corrected chi connectivity index (χ0v) is 17.4. The molecular weight excluding hydrogens is 424 g/mol. The predicted octanol–water partition coefficient (Wildman–Crippen LogP) is 3.90. The average molecular weight is 441 g/mol. The third-order valence-corrected chi connectivity index (χ3v) is 4.98. The van der Waals surface area contributed by atoms with Crippen LogP contribution < -0.4 is 10.3 Å². The van der Waals surface area contributed by atoms with Gasteiger partial charge in [0.2, 0.25) is 0 Å². The molecule has 0 aromatic heterocycles. The molecule has 0 N–H and O–H groups in total. The molecule has 31 heavy (non-hydrogen) atoms. The first-order chi connectivity index (χ1) is 14.9. The number of carbonyl (C=O) groups is 2. The van der Waals surface area contributed by atoms with Crippen LogP contribution in [0.5, 0.6) is 5.75 Å². The highest BCUT2D eigenvalue weighted by Gasteiger charge is 2.24. The molecule has 2 aliphatic rings. The third kappa shape index (κ3) is 4.02. The van der Waals surface area contributed by atoms with Crippen LogP contribution in [-0.4, -0.2) is 28.8 Å². The first-order valence-electron chi connectivity index (χ1n) is 9.37. The molecular formula is C22H17ClN2O6. The monoisotopic (exact) mass is 440 g/mol. The third-order valence-electron chi connectivity index (χ3n) is 4.73. The SMILES string of the molecule is COC(=O)CCC(=O)Oc1ccc2oc(C)c3c(=O)n(-c4ccc(Cl)cc4)nc-3c2c1. The number of benzene rings is 2. The van der Waals surface area contributed by atoms with Crippen molar-refractivity contribution in [2.24, 2.45) is 0 Å². The maximum atomic E-state index is 13.0. The molecule has 2 aromatic carbocycles. The summed E-state index contributed by atoms with van der Waals surface area (Å²) < 4.78 is 16.9. The van der Waals surface area contributed by atoms with Crippen LogP contribution in [0.3, 0.4) is 0 Å². The highest BCUT2D eigenvalue weighted by molar-refractivity contribution is 6.30. The minimum Gasteiger partial charge on any atom is -0.469 e. The molecule has 0 saturated carbocycles. The zero-order chi connectivity index (χ0) is 22.1. The summed E-state index contributed by atoms with van der Waals surface area (Å²) in [4.78, 5) is 36.2. The van der Waals surface area contributed by atoms with E-state index < -0.39 is 11.9 Å². The van der Waals surface area contributed by atoms with Gasteiger partial charge in [-0.05, 0) is 49.4 Å². The maximum absolute atomic E-state index is 13.0. The van der Waals surface area contributed by atoms with Crippen molar-refractivity contribution >= 4 is 34.5 Å². The Hall–Kier alpha value is -3.65. The van der Waals surface area contributed by atoms with E-state index in [1.165, 1.54) is 11.8 Å². The van der Waals surface area contributed by atoms with Crippen LogP contribution >= 0.6 is 11.6 Å². The van der Waals surface area contributed by atoms with E-state index in [0.29, 0.717) is 38.7 Å². The van der Waals surface area contributed by atoms with Crippen LogP contribution in [0.1, 0.15) is 18.6 Å². The molecule has 0 unspecified atom stereocenters. The lowest BCUT2D eigenvalue weighted by atomic mass is 10.1. The van der Waals surface area contributed by atoms with Gasteiger partial charge in [-0.1, -0.05) is 11.6 Å². The number of rotatable bonds is 5. The summed E-state index contributed by atoms with van der Waals surface area (Å²) in [6.07, 6.45) is -0.193. The molecule has 0 aliphatic carbocycles. The second kappa shape index (κ2) is 8.23. The number of hydrogen-bond donors (Lipinski definition) is 0. The topological polar surface area (TPSA) is 101 Å². The van der Waals surface area contributed by atoms with Crippen LogP contribution in [0.4, 0.5) is 0 Å². The van der Waals surface area contributed by atoms with Gasteiger partial charge in [-0.25, -0.2) is 0 Å². The highest BCUT2D eigenvalue weighted by Crippen LogP contribution is 2.33. The largest absolute Gasteiger partial charge is 0.469 e. The van der Waals surface area contributed by atoms with Crippen LogP contribution in [0.25, 0.3) is 27.9 Å². The van der Waals surface area contributed by atoms with Gasteiger partial charge in [0.1, 0.15) is 28.4 Å². The number of ether oxygens (including phenoxy) is 2. The van der Waals surface area contributed by atoms with Crippen molar-refractivity contribution in [1.29, 1.82) is 0 Å². The first-order valence-corrected chi connectivity index (χ1v) is 9.75. The number of methoxy groups -OCH3 is 1. The fourth-order valence-electron chi connectivity index (χ4n) is 3.22. The van der Waals surface area contributed by atoms with Crippen LogP contribution in [0.15, 0.2) is 51.7 Å². The molecule has 0 saturated heterocycles. The summed E-state index contributed by atoms with van der Waals surface area (Å²) in [6, 6.07) is 11.5. The Bertz CT molecular complexity index is 1320. The summed E-state index contributed by atoms with van der Waals surface area (Å²) in [6.45, 7) is 1.69. The van der Waals surface area contributed by atoms with Crippen molar-refractivity contribution in [2.45, 2.75) is 19.8 Å². The second-order valence-corrected chi connectivity index (χ2v) is 7.22. The lowest BCUT2D eigenvalue weighted by Gasteiger charge is -2.08. The standard InChI is InChI=1S/C22H17ClN2O6/c1-12-20-21(24-25(22(20)28)14-5-3-13(23)4-6-14)16-11-15(7-8-17(16)30-12)31-19(27)10-9-18(26)29-2/h3-8,11H,9-10H2,1-2H3. The lowest BCUT2D eigenvalue weighted by molar-refractivity contribution is -0.144. The number of hydrogen-bond acceptors (Lipinski definition) is 7. The van der Waals surface area contributed by atoms with Gasteiger partial charge in [-0.3, -0.25) is 14.4 Å². The molecule has 4 rings (SSSR count). The first kappa shape index (κ1) is 20.6. The Morgan fingerprint density at radius 3 is 2.52 bits per heavy atom. The van der Waals surface area contributed by atoms with E-state index in [9.17, 15) is 14.4 Å². The Morgan fingerprint density at radius 1 is 1.10 bits per heavy atom. The van der Waals surface area contributed by atoms with Crippen molar-refractivity contribution in [3.8, 4) is 22.7 Å². The number of nitrogens with zero attached hydrogens (tertiary/aromatic N) is 2. The van der Waals surface area contributed by atoms with Crippen molar-refractivity contribution in [2.75, 3.05) is 7.11 Å². The molecule has 0 radical (unpaired) electrons. The van der Waals surface area contributed by atoms with Gasteiger partial charge in [0, 0.05) is 10.4 Å². The van der Waals surface area contributed by atoms with E-state index in [4.69, 9.17) is 20.8 Å². The summed E-state index contributed by atoms with van der Waals surface area (Å²) >= 11 is 5.94. The van der Waals surface area contributed by atoms with E-state index in [2.05, 4.69) is 9.84 Å². The minimum atomic E-state index is -0.582. The lowest BCUT2D eigenvalue weighted by Crippen LogP contribution is -2.14. The molecule has 0 bridgehead atoms. The Morgan fingerprint density at radius 2 is 1.81 bits per heavy atom. The minimum absolute atomic E-state index is 0.0767. The maximum Gasteiger partial charge on any atom is 0.311 e. The fourth-order valence-corrected chi connectivity index (χ4v) is 3.34. The van der Waals surface area contributed by atoms with Crippen LogP contribution in [0, 0.1) is 6.92 Å². The Balaban J connectivity index is 1.75. The van der Waals surface area contributed by atoms with E-state index in [1.54, 1.807) is 49.4 Å². The molecule has 0 fully saturated rings. The number of carbonyl (C=O) groups excluding carboxylic acids is 2. The van der Waals surface area contributed by atoms with Crippen LogP contribution in [0.2, 0.25) is 5.02 Å². The molecule has 2 aromatic rings. The highest BCUT2D eigenvalue weighted by atomic mass is 35.5.